The Labute approximate surface area is 158 Å². The molecule has 0 bridgehead atoms. The van der Waals surface area contributed by atoms with Gasteiger partial charge in [0.1, 0.15) is 5.82 Å². The van der Waals surface area contributed by atoms with Crippen LogP contribution in [0.15, 0.2) is 24.4 Å². The average Bonchev–Trinajstić information content (AvgIpc) is 3.00. The van der Waals surface area contributed by atoms with Crippen molar-refractivity contribution in [2.45, 2.75) is 26.7 Å². The van der Waals surface area contributed by atoms with Crippen LogP contribution in [0.3, 0.4) is 0 Å². The molecule has 0 amide bonds. The molecule has 1 saturated heterocycles. The summed E-state index contributed by atoms with van der Waals surface area (Å²) in [6.07, 6.45) is 4.14. The SMILES string of the molecule is Cc1ccc(Nc2nc(N3CCC(C)CC3)nc3c2cnn3C)cc1Cl. The number of aromatic nitrogens is 4. The van der Waals surface area contributed by atoms with Gasteiger partial charge in [0, 0.05) is 30.8 Å². The molecule has 2 aromatic heterocycles. The van der Waals surface area contributed by atoms with E-state index in [1.54, 1.807) is 10.9 Å². The first-order valence-corrected chi connectivity index (χ1v) is 9.37. The minimum atomic E-state index is 0.733. The van der Waals surface area contributed by atoms with Gasteiger partial charge in [-0.3, -0.25) is 4.68 Å². The number of hydrogen-bond donors (Lipinski definition) is 1. The van der Waals surface area contributed by atoms with Gasteiger partial charge in [-0.1, -0.05) is 24.6 Å². The second-order valence-electron chi connectivity index (χ2n) is 7.14. The normalized spacial score (nSPS) is 15.6. The van der Waals surface area contributed by atoms with Crippen molar-refractivity contribution in [3.63, 3.8) is 0 Å². The Morgan fingerprint density at radius 3 is 2.69 bits per heavy atom. The number of nitrogens with one attached hydrogen (secondary N) is 1. The largest absolute Gasteiger partial charge is 0.341 e. The molecule has 26 heavy (non-hydrogen) atoms. The van der Waals surface area contributed by atoms with Gasteiger partial charge in [-0.25, -0.2) is 0 Å². The molecule has 0 saturated carbocycles. The quantitative estimate of drug-likeness (QED) is 0.744. The van der Waals surface area contributed by atoms with E-state index < -0.39 is 0 Å². The van der Waals surface area contributed by atoms with Crippen LogP contribution in [0, 0.1) is 12.8 Å². The van der Waals surface area contributed by atoms with Crippen LogP contribution < -0.4 is 10.2 Å². The molecule has 1 aliphatic rings. The van der Waals surface area contributed by atoms with E-state index >= 15 is 0 Å². The molecule has 0 unspecified atom stereocenters. The van der Waals surface area contributed by atoms with Gasteiger partial charge < -0.3 is 10.2 Å². The van der Waals surface area contributed by atoms with Gasteiger partial charge in [-0.2, -0.15) is 15.1 Å². The van der Waals surface area contributed by atoms with Crippen molar-refractivity contribution < 1.29 is 0 Å². The number of nitrogens with zero attached hydrogens (tertiary/aromatic N) is 5. The topological polar surface area (TPSA) is 58.9 Å². The van der Waals surface area contributed by atoms with Gasteiger partial charge in [0.25, 0.3) is 0 Å². The van der Waals surface area contributed by atoms with Crippen LogP contribution >= 0.6 is 11.6 Å². The van der Waals surface area contributed by atoms with Crippen molar-refractivity contribution in [2.24, 2.45) is 13.0 Å². The van der Waals surface area contributed by atoms with Crippen molar-refractivity contribution in [1.82, 2.24) is 19.7 Å². The van der Waals surface area contributed by atoms with E-state index in [1.807, 2.05) is 32.2 Å². The summed E-state index contributed by atoms with van der Waals surface area (Å²) in [6.45, 7) is 6.27. The van der Waals surface area contributed by atoms with Crippen LogP contribution in [0.2, 0.25) is 5.02 Å². The molecule has 3 heterocycles. The molecule has 0 spiro atoms. The number of hydrogen-bond acceptors (Lipinski definition) is 5. The van der Waals surface area contributed by atoms with E-state index in [0.29, 0.717) is 0 Å². The first kappa shape index (κ1) is 17.1. The number of benzene rings is 1. The van der Waals surface area contributed by atoms with Crippen molar-refractivity contribution in [3.05, 3.63) is 35.0 Å². The molecule has 1 N–H and O–H groups in total. The molecule has 0 atom stereocenters. The second-order valence-corrected chi connectivity index (χ2v) is 7.54. The van der Waals surface area contributed by atoms with Gasteiger partial charge in [0.2, 0.25) is 5.95 Å². The highest BCUT2D eigenvalue weighted by atomic mass is 35.5. The lowest BCUT2D eigenvalue weighted by Gasteiger charge is -2.30. The number of fused-ring (bicyclic) bond motifs is 1. The highest BCUT2D eigenvalue weighted by Crippen LogP contribution is 2.29. The number of halogens is 1. The van der Waals surface area contributed by atoms with Gasteiger partial charge in [-0.05, 0) is 43.4 Å². The predicted octanol–water partition coefficient (Wildman–Crippen LogP) is 4.31. The Morgan fingerprint density at radius 2 is 1.96 bits per heavy atom. The lowest BCUT2D eigenvalue weighted by atomic mass is 10.00. The molecule has 7 heteroatoms. The summed E-state index contributed by atoms with van der Waals surface area (Å²) < 4.78 is 1.79. The standard InChI is InChI=1S/C19H23ClN6/c1-12-6-8-26(9-7-12)19-23-17(15-11-21-25(3)18(15)24-19)22-14-5-4-13(2)16(20)10-14/h4-5,10-12H,6-9H2,1-3H3,(H,22,23,24). The Bertz CT molecular complexity index is 943. The first-order chi connectivity index (χ1) is 12.5. The molecule has 4 rings (SSSR count). The zero-order chi connectivity index (χ0) is 18.3. The van der Waals surface area contributed by atoms with E-state index in [-0.39, 0.29) is 0 Å². The minimum absolute atomic E-state index is 0.733. The third-order valence-corrected chi connectivity index (χ3v) is 5.49. The molecule has 136 valence electrons. The lowest BCUT2D eigenvalue weighted by molar-refractivity contribution is 0.434. The average molecular weight is 371 g/mol. The predicted molar refractivity (Wildman–Crippen MR) is 106 cm³/mol. The van der Waals surface area contributed by atoms with Crippen LogP contribution in [0.1, 0.15) is 25.3 Å². The van der Waals surface area contributed by atoms with Crippen LogP contribution in [0.4, 0.5) is 17.5 Å². The highest BCUT2D eigenvalue weighted by Gasteiger charge is 2.21. The maximum atomic E-state index is 6.27. The molecule has 1 aromatic carbocycles. The maximum absolute atomic E-state index is 6.27. The lowest BCUT2D eigenvalue weighted by Crippen LogP contribution is -2.34. The summed E-state index contributed by atoms with van der Waals surface area (Å²) in [5.41, 5.74) is 2.78. The van der Waals surface area contributed by atoms with E-state index in [2.05, 4.69) is 22.2 Å². The van der Waals surface area contributed by atoms with E-state index in [9.17, 15) is 0 Å². The summed E-state index contributed by atoms with van der Waals surface area (Å²) in [6, 6.07) is 5.93. The highest BCUT2D eigenvalue weighted by molar-refractivity contribution is 6.31. The van der Waals surface area contributed by atoms with Crippen LogP contribution in [-0.4, -0.2) is 32.8 Å². The van der Waals surface area contributed by atoms with E-state index in [1.165, 1.54) is 12.8 Å². The third kappa shape index (κ3) is 3.21. The van der Waals surface area contributed by atoms with Crippen molar-refractivity contribution >= 4 is 40.1 Å². The van der Waals surface area contributed by atoms with Crippen LogP contribution in [0.5, 0.6) is 0 Å². The van der Waals surface area contributed by atoms with E-state index in [0.717, 1.165) is 58.1 Å². The summed E-state index contributed by atoms with van der Waals surface area (Å²) in [7, 11) is 1.91. The fraction of sp³-hybridized carbons (Fsp3) is 0.421. The van der Waals surface area contributed by atoms with Gasteiger partial charge in [-0.15, -0.1) is 0 Å². The molecule has 6 nitrogen and oxygen atoms in total. The molecule has 1 aliphatic heterocycles. The van der Waals surface area contributed by atoms with Crippen LogP contribution in [0.25, 0.3) is 11.0 Å². The Kier molecular flexibility index (Phi) is 4.44. The van der Waals surface area contributed by atoms with Crippen molar-refractivity contribution in [1.29, 1.82) is 0 Å². The van der Waals surface area contributed by atoms with Gasteiger partial charge in [0.05, 0.1) is 11.6 Å². The summed E-state index contributed by atoms with van der Waals surface area (Å²) in [5, 5.41) is 9.39. The smallest absolute Gasteiger partial charge is 0.229 e. The Balaban J connectivity index is 1.73. The molecule has 0 aliphatic carbocycles. The summed E-state index contributed by atoms with van der Waals surface area (Å²) >= 11 is 6.27. The Hall–Kier alpha value is -2.34. The maximum Gasteiger partial charge on any atom is 0.229 e. The number of piperidine rings is 1. The first-order valence-electron chi connectivity index (χ1n) is 8.99. The second kappa shape index (κ2) is 6.76. The van der Waals surface area contributed by atoms with Crippen molar-refractivity contribution in [3.8, 4) is 0 Å². The third-order valence-electron chi connectivity index (χ3n) is 5.08. The summed E-state index contributed by atoms with van der Waals surface area (Å²) in [4.78, 5) is 11.8. The molecule has 0 radical (unpaired) electrons. The van der Waals surface area contributed by atoms with E-state index in [4.69, 9.17) is 21.6 Å². The molecular formula is C19H23ClN6. The fourth-order valence-corrected chi connectivity index (χ4v) is 3.44. The summed E-state index contributed by atoms with van der Waals surface area (Å²) in [5.74, 6) is 2.28. The molecule has 1 fully saturated rings. The fourth-order valence-electron chi connectivity index (χ4n) is 3.26. The number of aryl methyl sites for hydroxylation is 2. The Morgan fingerprint density at radius 1 is 1.19 bits per heavy atom. The minimum Gasteiger partial charge on any atom is -0.341 e. The van der Waals surface area contributed by atoms with Gasteiger partial charge in [0.15, 0.2) is 5.65 Å². The van der Waals surface area contributed by atoms with Crippen molar-refractivity contribution in [2.75, 3.05) is 23.3 Å². The number of anilines is 3. The molecular weight excluding hydrogens is 348 g/mol. The monoisotopic (exact) mass is 370 g/mol. The zero-order valence-corrected chi connectivity index (χ0v) is 16.1. The molecule has 3 aromatic rings. The van der Waals surface area contributed by atoms with Gasteiger partial charge >= 0.3 is 0 Å². The zero-order valence-electron chi connectivity index (χ0n) is 15.3. The van der Waals surface area contributed by atoms with Crippen LogP contribution in [-0.2, 0) is 7.05 Å². The number of rotatable bonds is 3.